The molecule has 306 valence electrons. The summed E-state index contributed by atoms with van der Waals surface area (Å²) in [6.07, 6.45) is 1.89. The normalized spacial score (nSPS) is 11.7. The molecule has 65 heavy (non-hydrogen) atoms. The van der Waals surface area contributed by atoms with E-state index in [1.54, 1.807) is 0 Å². The van der Waals surface area contributed by atoms with Crippen LogP contribution >= 0.6 is 0 Å². The average Bonchev–Trinajstić information content (AvgIpc) is 4.02. The zero-order valence-electron chi connectivity index (χ0n) is 35.0. The summed E-state index contributed by atoms with van der Waals surface area (Å²) in [5.74, 6) is 0.512. The Morgan fingerprint density at radius 3 is 1.32 bits per heavy atom. The van der Waals surface area contributed by atoms with Gasteiger partial charge in [-0.25, -0.2) is 4.98 Å². The van der Waals surface area contributed by atoms with Crippen LogP contribution in [0.3, 0.4) is 0 Å². The van der Waals surface area contributed by atoms with Gasteiger partial charge in [0.1, 0.15) is 5.58 Å². The molecule has 13 aromatic rings. The lowest BCUT2D eigenvalue weighted by Crippen LogP contribution is -2.13. The van der Waals surface area contributed by atoms with Crippen molar-refractivity contribution in [2.75, 3.05) is 9.80 Å². The molecule has 7 nitrogen and oxygen atoms in total. The fourth-order valence-corrected chi connectivity index (χ4v) is 9.68. The van der Waals surface area contributed by atoms with Crippen LogP contribution in [0.4, 0.5) is 34.4 Å². The molecular formula is C58H38N6O. The molecule has 0 bridgehead atoms. The van der Waals surface area contributed by atoms with Crippen molar-refractivity contribution in [2.24, 2.45) is 0 Å². The van der Waals surface area contributed by atoms with E-state index in [1.807, 2.05) is 24.4 Å². The quantitative estimate of drug-likeness (QED) is 0.153. The Morgan fingerprint density at radius 1 is 0.338 bits per heavy atom. The van der Waals surface area contributed by atoms with Crippen LogP contribution in [0.15, 0.2) is 235 Å². The maximum atomic E-state index is 6.74. The van der Waals surface area contributed by atoms with Crippen LogP contribution in [-0.2, 0) is 0 Å². The maximum absolute atomic E-state index is 6.74. The zero-order chi connectivity index (χ0) is 42.8. The molecule has 0 aliphatic rings. The van der Waals surface area contributed by atoms with Crippen LogP contribution in [0.1, 0.15) is 0 Å². The first-order valence-electron chi connectivity index (χ1n) is 21.8. The summed E-state index contributed by atoms with van der Waals surface area (Å²) in [6.45, 7) is 0. The molecule has 4 heterocycles. The molecular weight excluding hydrogens is 797 g/mol. The van der Waals surface area contributed by atoms with Gasteiger partial charge < -0.3 is 18.5 Å². The van der Waals surface area contributed by atoms with Gasteiger partial charge in [-0.3, -0.25) is 4.90 Å². The second-order valence-electron chi connectivity index (χ2n) is 16.3. The first-order chi connectivity index (χ1) is 32.2. The van der Waals surface area contributed by atoms with E-state index in [0.29, 0.717) is 11.7 Å². The number of hydrogen-bond donors (Lipinski definition) is 0. The van der Waals surface area contributed by atoms with Crippen LogP contribution in [-0.4, -0.2) is 19.1 Å². The van der Waals surface area contributed by atoms with E-state index in [9.17, 15) is 0 Å². The first-order valence-corrected chi connectivity index (χ1v) is 21.8. The third kappa shape index (κ3) is 5.98. The molecule has 0 aliphatic heterocycles. The van der Waals surface area contributed by atoms with E-state index < -0.39 is 0 Å². The fourth-order valence-electron chi connectivity index (χ4n) is 9.68. The van der Waals surface area contributed by atoms with Gasteiger partial charge in [-0.05, 0) is 97.1 Å². The molecule has 0 unspecified atom stereocenters. The lowest BCUT2D eigenvalue weighted by molar-refractivity contribution is 0.653. The predicted octanol–water partition coefficient (Wildman–Crippen LogP) is 15.5. The zero-order valence-corrected chi connectivity index (χ0v) is 35.0. The molecule has 0 N–H and O–H groups in total. The number of aromatic nitrogens is 4. The Bertz CT molecular complexity index is 3640. The second kappa shape index (κ2) is 14.9. The summed E-state index contributed by atoms with van der Waals surface area (Å²) in [7, 11) is 0. The van der Waals surface area contributed by atoms with Gasteiger partial charge in [0.05, 0.1) is 33.1 Å². The lowest BCUT2D eigenvalue weighted by atomic mass is 10.1. The maximum Gasteiger partial charge on any atom is 0.237 e. The van der Waals surface area contributed by atoms with Crippen LogP contribution in [0.25, 0.3) is 77.1 Å². The van der Waals surface area contributed by atoms with Gasteiger partial charge in [0.25, 0.3) is 0 Å². The molecule has 0 radical (unpaired) electrons. The summed E-state index contributed by atoms with van der Waals surface area (Å²) in [6, 6.07) is 78.9. The predicted molar refractivity (Wildman–Crippen MR) is 267 cm³/mol. The second-order valence-corrected chi connectivity index (χ2v) is 16.3. The monoisotopic (exact) mass is 834 g/mol. The Kier molecular flexibility index (Phi) is 8.39. The molecule has 13 rings (SSSR count). The van der Waals surface area contributed by atoms with Crippen molar-refractivity contribution >= 4 is 100 Å². The van der Waals surface area contributed by atoms with Crippen LogP contribution in [0, 0.1) is 0 Å². The van der Waals surface area contributed by atoms with Crippen molar-refractivity contribution < 1.29 is 4.42 Å². The van der Waals surface area contributed by atoms with Gasteiger partial charge in [-0.2, -0.15) is 4.98 Å². The summed E-state index contributed by atoms with van der Waals surface area (Å²) in [5.41, 5.74) is 12.9. The lowest BCUT2D eigenvalue weighted by Gasteiger charge is -2.25. The number of hydrogen-bond acceptors (Lipinski definition) is 5. The molecule has 0 aliphatic carbocycles. The number of benzene rings is 9. The highest BCUT2D eigenvalue weighted by Gasteiger charge is 2.23. The van der Waals surface area contributed by atoms with Gasteiger partial charge in [-0.15, -0.1) is 0 Å². The molecule has 7 heteroatoms. The number of furan rings is 1. The SMILES string of the molecule is c1ccc(N(c2ccc3c(c2)oc2nc(N(c4ccccc4)c4ccc5c6ccccc6n(-c6ccccc6)c5c4)ncc23)c2ccc3c4ccccc4n(-c4ccccc4)c3c2)cc1. The van der Waals surface area contributed by atoms with Crippen LogP contribution in [0.5, 0.6) is 0 Å². The number of anilines is 6. The van der Waals surface area contributed by atoms with Crippen molar-refractivity contribution in [3.8, 4) is 11.4 Å². The van der Waals surface area contributed by atoms with Crippen molar-refractivity contribution in [3.63, 3.8) is 0 Å². The van der Waals surface area contributed by atoms with E-state index in [2.05, 4.69) is 225 Å². The Labute approximate surface area is 373 Å². The largest absolute Gasteiger partial charge is 0.437 e. The van der Waals surface area contributed by atoms with Gasteiger partial charge in [0.2, 0.25) is 11.7 Å². The highest BCUT2D eigenvalue weighted by atomic mass is 16.3. The molecule has 0 saturated heterocycles. The van der Waals surface area contributed by atoms with E-state index in [1.165, 1.54) is 27.1 Å². The Hall–Kier alpha value is -8.94. The standard InChI is InChI=1S/C58H38N6O/c1-5-17-39(18-6-1)61(43-29-32-48-46-25-13-15-27-52(46)63(54(48)35-43)41-21-9-3-10-22-41)45-31-34-50-51-38-59-58(60-57(51)65-56(50)37-45)62(40-19-7-2-8-20-40)44-30-33-49-47-26-14-16-28-53(47)64(55(49)36-44)42-23-11-4-12-24-42/h1-38H. The minimum atomic E-state index is 0.512. The number of para-hydroxylation sites is 6. The molecule has 0 spiro atoms. The molecule has 9 aromatic carbocycles. The highest BCUT2D eigenvalue weighted by Crippen LogP contribution is 2.43. The summed E-state index contributed by atoms with van der Waals surface area (Å²) >= 11 is 0. The minimum absolute atomic E-state index is 0.512. The molecule has 0 amide bonds. The number of nitrogens with zero attached hydrogens (tertiary/aromatic N) is 6. The first kappa shape index (κ1) is 36.7. The molecule has 0 saturated carbocycles. The highest BCUT2D eigenvalue weighted by molar-refractivity contribution is 6.12. The van der Waals surface area contributed by atoms with Crippen molar-refractivity contribution in [2.45, 2.75) is 0 Å². The van der Waals surface area contributed by atoms with Crippen molar-refractivity contribution in [1.29, 1.82) is 0 Å². The summed E-state index contributed by atoms with van der Waals surface area (Å²) < 4.78 is 11.4. The van der Waals surface area contributed by atoms with Gasteiger partial charge in [0.15, 0.2) is 0 Å². The minimum Gasteiger partial charge on any atom is -0.437 e. The topological polar surface area (TPSA) is 55.3 Å². The molecule has 4 aromatic heterocycles. The molecule has 0 atom stereocenters. The van der Waals surface area contributed by atoms with E-state index in [4.69, 9.17) is 14.4 Å². The summed E-state index contributed by atoms with van der Waals surface area (Å²) in [4.78, 5) is 14.6. The van der Waals surface area contributed by atoms with Gasteiger partial charge in [0, 0.05) is 73.3 Å². The number of fused-ring (bicyclic) bond motifs is 9. The van der Waals surface area contributed by atoms with E-state index in [-0.39, 0.29) is 0 Å². The van der Waals surface area contributed by atoms with Gasteiger partial charge >= 0.3 is 0 Å². The Morgan fingerprint density at radius 2 is 0.769 bits per heavy atom. The molecule has 0 fully saturated rings. The van der Waals surface area contributed by atoms with Gasteiger partial charge in [-0.1, -0.05) is 121 Å². The third-order valence-corrected chi connectivity index (χ3v) is 12.5. The third-order valence-electron chi connectivity index (χ3n) is 12.5. The van der Waals surface area contributed by atoms with E-state index in [0.717, 1.165) is 72.7 Å². The van der Waals surface area contributed by atoms with Crippen LogP contribution in [0.2, 0.25) is 0 Å². The fraction of sp³-hybridized carbons (Fsp3) is 0. The Balaban J connectivity index is 0.949. The van der Waals surface area contributed by atoms with Crippen molar-refractivity contribution in [1.82, 2.24) is 19.1 Å². The average molecular weight is 835 g/mol. The van der Waals surface area contributed by atoms with Crippen LogP contribution < -0.4 is 9.80 Å². The van der Waals surface area contributed by atoms with Crippen molar-refractivity contribution in [3.05, 3.63) is 231 Å². The number of rotatable bonds is 8. The van der Waals surface area contributed by atoms with E-state index >= 15 is 0 Å². The summed E-state index contributed by atoms with van der Waals surface area (Å²) in [5, 5.41) is 6.59. The smallest absolute Gasteiger partial charge is 0.237 e.